The molecule has 1 aliphatic heterocycles. The van der Waals surface area contributed by atoms with Gasteiger partial charge >= 0.3 is 5.97 Å². The molecule has 0 aromatic rings. The highest BCUT2D eigenvalue weighted by Gasteiger charge is 2.41. The molecule has 2 aliphatic rings. The van der Waals surface area contributed by atoms with Crippen LogP contribution in [0.3, 0.4) is 0 Å². The van der Waals surface area contributed by atoms with E-state index in [1.54, 1.807) is 0 Å². The van der Waals surface area contributed by atoms with Crippen molar-refractivity contribution in [3.05, 3.63) is 0 Å². The minimum atomic E-state index is 0.0172. The second kappa shape index (κ2) is 2.92. The first-order chi connectivity index (χ1) is 5.27. The molecule has 1 saturated heterocycles. The molecule has 0 bridgehead atoms. The molecule has 3 atom stereocenters. The van der Waals surface area contributed by atoms with Gasteiger partial charge in [0, 0.05) is 9.84 Å². The third kappa shape index (κ3) is 1.39. The molecule has 11 heavy (non-hydrogen) atoms. The number of ether oxygens (including phenoxy) is 1. The van der Waals surface area contributed by atoms with E-state index < -0.39 is 0 Å². The second-order valence-electron chi connectivity index (χ2n) is 3.37. The molecule has 0 aromatic carbocycles. The van der Waals surface area contributed by atoms with Gasteiger partial charge in [0.2, 0.25) is 0 Å². The van der Waals surface area contributed by atoms with Gasteiger partial charge < -0.3 is 4.74 Å². The lowest BCUT2D eigenvalue weighted by Crippen LogP contribution is -2.30. The van der Waals surface area contributed by atoms with Gasteiger partial charge in [-0.25, -0.2) is 0 Å². The summed E-state index contributed by atoms with van der Waals surface area (Å²) in [5.74, 6) is 0.557. The Morgan fingerprint density at radius 2 is 2.27 bits per heavy atom. The lowest BCUT2D eigenvalue weighted by molar-refractivity contribution is -0.141. The van der Waals surface area contributed by atoms with E-state index in [1.807, 2.05) is 0 Å². The summed E-state index contributed by atoms with van der Waals surface area (Å²) in [5.41, 5.74) is 0. The summed E-state index contributed by atoms with van der Waals surface area (Å²) in [5, 5.41) is 0. The standard InChI is InChI=1S/C8H11IO2/c9-6-3-1-2-5-4-7(10)11-8(5)6/h5-6,8H,1-4H2. The van der Waals surface area contributed by atoms with Crippen molar-refractivity contribution in [1.82, 2.24) is 0 Å². The summed E-state index contributed by atoms with van der Waals surface area (Å²) in [6, 6.07) is 0. The first-order valence-electron chi connectivity index (χ1n) is 4.11. The average molecular weight is 266 g/mol. The Morgan fingerprint density at radius 3 is 3.00 bits per heavy atom. The topological polar surface area (TPSA) is 26.3 Å². The van der Waals surface area contributed by atoms with Crippen molar-refractivity contribution in [2.75, 3.05) is 0 Å². The van der Waals surface area contributed by atoms with Gasteiger partial charge in [-0.15, -0.1) is 0 Å². The fourth-order valence-corrected chi connectivity index (χ4v) is 3.18. The highest BCUT2D eigenvalue weighted by molar-refractivity contribution is 14.1. The lowest BCUT2D eigenvalue weighted by Gasteiger charge is -2.27. The number of esters is 1. The van der Waals surface area contributed by atoms with Gasteiger partial charge in [-0.2, -0.15) is 0 Å². The van der Waals surface area contributed by atoms with Gasteiger partial charge in [-0.3, -0.25) is 4.79 Å². The van der Waals surface area contributed by atoms with Crippen LogP contribution in [0.4, 0.5) is 0 Å². The fourth-order valence-electron chi connectivity index (χ4n) is 2.00. The van der Waals surface area contributed by atoms with Crippen molar-refractivity contribution in [1.29, 1.82) is 0 Å². The van der Waals surface area contributed by atoms with Gasteiger partial charge in [-0.1, -0.05) is 29.0 Å². The molecule has 62 valence electrons. The van der Waals surface area contributed by atoms with Gasteiger partial charge in [-0.05, 0) is 12.8 Å². The van der Waals surface area contributed by atoms with Crippen molar-refractivity contribution in [2.24, 2.45) is 5.92 Å². The third-order valence-corrected chi connectivity index (χ3v) is 3.90. The van der Waals surface area contributed by atoms with Gasteiger partial charge in [0.25, 0.3) is 0 Å². The van der Waals surface area contributed by atoms with E-state index in [9.17, 15) is 4.79 Å². The number of carbonyl (C=O) groups is 1. The number of hydrogen-bond acceptors (Lipinski definition) is 2. The molecule has 0 spiro atoms. The Bertz CT molecular complexity index is 181. The van der Waals surface area contributed by atoms with E-state index in [4.69, 9.17) is 4.74 Å². The van der Waals surface area contributed by atoms with Crippen molar-refractivity contribution < 1.29 is 9.53 Å². The molecule has 0 N–H and O–H groups in total. The van der Waals surface area contributed by atoms with Crippen LogP contribution in [0.1, 0.15) is 25.7 Å². The third-order valence-electron chi connectivity index (χ3n) is 2.57. The Hall–Kier alpha value is 0.200. The van der Waals surface area contributed by atoms with Crippen molar-refractivity contribution in [2.45, 2.75) is 35.7 Å². The van der Waals surface area contributed by atoms with E-state index in [-0.39, 0.29) is 12.1 Å². The number of alkyl halides is 1. The summed E-state index contributed by atoms with van der Waals surface area (Å²) < 4.78 is 5.80. The number of halogens is 1. The largest absolute Gasteiger partial charge is 0.461 e. The molecule has 2 nitrogen and oxygen atoms in total. The van der Waals surface area contributed by atoms with E-state index in [1.165, 1.54) is 19.3 Å². The molecule has 2 fully saturated rings. The molecule has 3 heteroatoms. The first-order valence-corrected chi connectivity index (χ1v) is 5.35. The van der Waals surface area contributed by atoms with Crippen molar-refractivity contribution >= 4 is 28.6 Å². The van der Waals surface area contributed by atoms with E-state index in [2.05, 4.69) is 22.6 Å². The fraction of sp³-hybridized carbons (Fsp3) is 0.875. The smallest absolute Gasteiger partial charge is 0.306 e. The Morgan fingerprint density at radius 1 is 1.45 bits per heavy atom. The van der Waals surface area contributed by atoms with Crippen LogP contribution < -0.4 is 0 Å². The maximum Gasteiger partial charge on any atom is 0.306 e. The van der Waals surface area contributed by atoms with Crippen LogP contribution in [-0.4, -0.2) is 16.0 Å². The van der Waals surface area contributed by atoms with Gasteiger partial charge in [0.05, 0.1) is 6.42 Å². The summed E-state index contributed by atoms with van der Waals surface area (Å²) >= 11 is 2.41. The van der Waals surface area contributed by atoms with Crippen LogP contribution in [0.2, 0.25) is 0 Å². The molecule has 0 amide bonds. The quantitative estimate of drug-likeness (QED) is 0.380. The molecule has 1 heterocycles. The maximum atomic E-state index is 10.9. The van der Waals surface area contributed by atoms with Crippen molar-refractivity contribution in [3.8, 4) is 0 Å². The van der Waals surface area contributed by atoms with Gasteiger partial charge in [0.1, 0.15) is 6.10 Å². The van der Waals surface area contributed by atoms with Crippen LogP contribution in [0.15, 0.2) is 0 Å². The Balaban J connectivity index is 2.09. The molecule has 1 saturated carbocycles. The van der Waals surface area contributed by atoms with Crippen LogP contribution in [0.5, 0.6) is 0 Å². The molecule has 0 radical (unpaired) electrons. The maximum absolute atomic E-state index is 10.9. The Kier molecular flexibility index (Phi) is 2.08. The predicted molar refractivity (Wildman–Crippen MR) is 49.6 cm³/mol. The number of fused-ring (bicyclic) bond motifs is 1. The molecule has 1 aliphatic carbocycles. The van der Waals surface area contributed by atoms with E-state index in [0.717, 1.165) is 0 Å². The summed E-state index contributed by atoms with van der Waals surface area (Å²) in [7, 11) is 0. The zero-order valence-corrected chi connectivity index (χ0v) is 8.41. The highest BCUT2D eigenvalue weighted by Crippen LogP contribution is 2.38. The van der Waals surface area contributed by atoms with Crippen molar-refractivity contribution in [3.63, 3.8) is 0 Å². The minimum absolute atomic E-state index is 0.0172. The molecule has 2 rings (SSSR count). The zero-order valence-electron chi connectivity index (χ0n) is 6.25. The number of carbonyl (C=O) groups excluding carboxylic acids is 1. The van der Waals surface area contributed by atoms with Gasteiger partial charge in [0.15, 0.2) is 0 Å². The summed E-state index contributed by atoms with van der Waals surface area (Å²) in [6.07, 6.45) is 4.59. The second-order valence-corrected chi connectivity index (χ2v) is 4.97. The Labute approximate surface area is 79.8 Å². The molecule has 0 aromatic heterocycles. The summed E-state index contributed by atoms with van der Waals surface area (Å²) in [4.78, 5) is 10.9. The molecular weight excluding hydrogens is 255 g/mol. The predicted octanol–water partition coefficient (Wildman–Crippen LogP) is 1.91. The first kappa shape index (κ1) is 7.83. The number of hydrogen-bond donors (Lipinski definition) is 0. The van der Waals surface area contributed by atoms with Crippen LogP contribution in [0, 0.1) is 5.92 Å². The highest BCUT2D eigenvalue weighted by atomic mass is 127. The number of rotatable bonds is 0. The van der Waals surface area contributed by atoms with Crippen LogP contribution >= 0.6 is 22.6 Å². The van der Waals surface area contributed by atoms with Crippen LogP contribution in [-0.2, 0) is 9.53 Å². The SMILES string of the molecule is O=C1CC2CCCC(I)C2O1. The normalized spacial score (nSPS) is 43.4. The van der Waals surface area contributed by atoms with E-state index in [0.29, 0.717) is 16.3 Å². The van der Waals surface area contributed by atoms with Crippen LogP contribution in [0.25, 0.3) is 0 Å². The van der Waals surface area contributed by atoms with E-state index >= 15 is 0 Å². The lowest BCUT2D eigenvalue weighted by atomic mass is 9.86. The molecular formula is C8H11IO2. The zero-order chi connectivity index (χ0) is 7.84. The average Bonchev–Trinajstić information content (AvgIpc) is 2.31. The molecule has 3 unspecified atom stereocenters. The summed E-state index contributed by atoms with van der Waals surface area (Å²) in [6.45, 7) is 0. The minimum Gasteiger partial charge on any atom is -0.461 e. The monoisotopic (exact) mass is 266 g/mol.